The maximum atomic E-state index is 12.7. The molecule has 0 radical (unpaired) electrons. The van der Waals surface area contributed by atoms with Gasteiger partial charge in [0.05, 0.1) is 20.8 Å². The average Bonchev–Trinajstić information content (AvgIpc) is 2.50. The second-order valence-electron chi connectivity index (χ2n) is 4.91. The molecule has 0 saturated heterocycles. The normalized spacial score (nSPS) is 13.5. The third-order valence-corrected chi connectivity index (χ3v) is 6.13. The summed E-state index contributed by atoms with van der Waals surface area (Å²) in [6.07, 6.45) is 0. The number of halogens is 2. The molecular formula is C14H9Cl2NO4S2. The van der Waals surface area contributed by atoms with Crippen LogP contribution in [0.15, 0.2) is 51.0 Å². The van der Waals surface area contributed by atoms with E-state index in [0.29, 0.717) is 21.3 Å². The molecule has 1 heterocycles. The minimum atomic E-state index is -3.94. The quantitative estimate of drug-likeness (QED) is 0.498. The summed E-state index contributed by atoms with van der Waals surface area (Å²) in [7, 11) is 6.96. The predicted molar refractivity (Wildman–Crippen MR) is 92.0 cm³/mol. The number of benzene rings is 2. The summed E-state index contributed by atoms with van der Waals surface area (Å²) in [4.78, 5) is 12.9. The van der Waals surface area contributed by atoms with Crippen molar-refractivity contribution in [3.63, 3.8) is 0 Å². The van der Waals surface area contributed by atoms with E-state index in [-0.39, 0.29) is 15.7 Å². The van der Waals surface area contributed by atoms with Crippen molar-refractivity contribution >= 4 is 62.2 Å². The maximum absolute atomic E-state index is 12.7. The molecule has 9 heteroatoms. The molecule has 120 valence electrons. The van der Waals surface area contributed by atoms with Crippen molar-refractivity contribution in [1.82, 2.24) is 4.57 Å². The molecule has 0 N–H and O–H groups in total. The van der Waals surface area contributed by atoms with Gasteiger partial charge in [-0.25, -0.2) is 12.6 Å². The van der Waals surface area contributed by atoms with Crippen LogP contribution < -0.4 is 5.43 Å². The van der Waals surface area contributed by atoms with Gasteiger partial charge in [-0.1, -0.05) is 0 Å². The smallest absolute Gasteiger partial charge is 0.261 e. The molecule has 5 nitrogen and oxygen atoms in total. The topological polar surface area (TPSA) is 73.2 Å². The van der Waals surface area contributed by atoms with E-state index in [9.17, 15) is 17.4 Å². The Morgan fingerprint density at radius 1 is 1.04 bits per heavy atom. The molecule has 1 atom stereocenters. The van der Waals surface area contributed by atoms with Gasteiger partial charge in [-0.3, -0.25) is 4.79 Å². The summed E-state index contributed by atoms with van der Waals surface area (Å²) in [5.41, 5.74) is 0.806. The first kappa shape index (κ1) is 16.4. The number of fused-ring (bicyclic) bond motifs is 2. The van der Waals surface area contributed by atoms with E-state index >= 15 is 0 Å². The molecule has 3 rings (SSSR count). The maximum Gasteiger partial charge on any atom is 0.261 e. The van der Waals surface area contributed by atoms with Crippen LogP contribution in [0.1, 0.15) is 0 Å². The molecule has 23 heavy (non-hydrogen) atoms. The summed E-state index contributed by atoms with van der Waals surface area (Å²) in [6.45, 7) is 0. The number of hydrogen-bond acceptors (Lipinski definition) is 4. The highest BCUT2D eigenvalue weighted by atomic mass is 35.7. The van der Waals surface area contributed by atoms with E-state index in [1.54, 1.807) is 23.7 Å². The van der Waals surface area contributed by atoms with E-state index < -0.39 is 19.1 Å². The Hall–Kier alpha value is -1.41. The van der Waals surface area contributed by atoms with Gasteiger partial charge in [-0.05, 0) is 47.1 Å². The lowest BCUT2D eigenvalue weighted by Crippen LogP contribution is -2.10. The van der Waals surface area contributed by atoms with Crippen molar-refractivity contribution in [2.45, 2.75) is 9.79 Å². The van der Waals surface area contributed by atoms with Crippen LogP contribution in [0.25, 0.3) is 21.8 Å². The number of hydrogen-bond donors (Lipinski definition) is 0. The van der Waals surface area contributed by atoms with Gasteiger partial charge in [0.15, 0.2) is 5.43 Å². The second kappa shape index (κ2) is 5.59. The van der Waals surface area contributed by atoms with E-state index in [4.69, 9.17) is 21.4 Å². The van der Waals surface area contributed by atoms with Gasteiger partial charge in [-0.2, -0.15) is 0 Å². The van der Waals surface area contributed by atoms with Crippen LogP contribution in [0.4, 0.5) is 0 Å². The van der Waals surface area contributed by atoms with Crippen LogP contribution in [0.3, 0.4) is 0 Å². The van der Waals surface area contributed by atoms with Crippen molar-refractivity contribution in [2.75, 3.05) is 0 Å². The molecule has 2 aromatic carbocycles. The van der Waals surface area contributed by atoms with Gasteiger partial charge in [-0.15, -0.1) is 0 Å². The fourth-order valence-electron chi connectivity index (χ4n) is 2.51. The standard InChI is InChI=1S/C14H9Cl2NO4S2/c1-17-12-4-2-8(22(15)19)6-10(12)14(18)11-7-9(23(16,20)21)3-5-13(11)17/h2-7H,1H3. The molecule has 0 fully saturated rings. The van der Waals surface area contributed by atoms with E-state index in [1.165, 1.54) is 24.3 Å². The van der Waals surface area contributed by atoms with E-state index in [2.05, 4.69) is 0 Å². The molecular weight excluding hydrogens is 381 g/mol. The number of rotatable bonds is 2. The molecule has 3 aromatic rings. The summed E-state index contributed by atoms with van der Waals surface area (Å²) < 4.78 is 36.1. The largest absolute Gasteiger partial charge is 0.343 e. The van der Waals surface area contributed by atoms with Crippen molar-refractivity contribution in [2.24, 2.45) is 7.05 Å². The zero-order chi connectivity index (χ0) is 16.9. The lowest BCUT2D eigenvalue weighted by Gasteiger charge is -2.11. The van der Waals surface area contributed by atoms with Gasteiger partial charge in [0.1, 0.15) is 10.0 Å². The highest BCUT2D eigenvalue weighted by molar-refractivity contribution is 8.13. The number of aromatic nitrogens is 1. The molecule has 0 aliphatic rings. The molecule has 0 amide bonds. The minimum Gasteiger partial charge on any atom is -0.343 e. The Morgan fingerprint density at radius 3 is 2.17 bits per heavy atom. The van der Waals surface area contributed by atoms with Crippen LogP contribution in [-0.2, 0) is 26.1 Å². The molecule has 0 aliphatic heterocycles. The monoisotopic (exact) mass is 389 g/mol. The fourth-order valence-corrected chi connectivity index (χ4v) is 3.96. The van der Waals surface area contributed by atoms with Gasteiger partial charge in [0, 0.05) is 28.5 Å². The van der Waals surface area contributed by atoms with Crippen LogP contribution in [0, 0.1) is 0 Å². The van der Waals surface area contributed by atoms with Crippen LogP contribution in [0.5, 0.6) is 0 Å². The Kier molecular flexibility index (Phi) is 4.00. The fraction of sp³-hybridized carbons (Fsp3) is 0.0714. The number of nitrogens with zero attached hydrogens (tertiary/aromatic N) is 1. The summed E-state index contributed by atoms with van der Waals surface area (Å²) in [5, 5.41) is 0.509. The molecule has 0 aliphatic carbocycles. The molecule has 0 saturated carbocycles. The first-order valence-electron chi connectivity index (χ1n) is 6.29. The zero-order valence-corrected chi connectivity index (χ0v) is 14.8. The SMILES string of the molecule is Cn1c2ccc(S(=O)Cl)cc2c(=O)c2cc(S(=O)(=O)Cl)ccc21. The summed E-state index contributed by atoms with van der Waals surface area (Å²) >= 11 is 0. The first-order valence-corrected chi connectivity index (χ1v) is 10.6. The van der Waals surface area contributed by atoms with E-state index in [1.807, 2.05) is 0 Å². The molecule has 1 aromatic heterocycles. The number of pyridine rings is 1. The zero-order valence-electron chi connectivity index (χ0n) is 11.6. The third-order valence-electron chi connectivity index (χ3n) is 3.61. The molecule has 0 bridgehead atoms. The average molecular weight is 390 g/mol. The van der Waals surface area contributed by atoms with Crippen molar-refractivity contribution in [1.29, 1.82) is 0 Å². The van der Waals surface area contributed by atoms with Gasteiger partial charge < -0.3 is 4.57 Å². The Labute approximate surface area is 142 Å². The highest BCUT2D eigenvalue weighted by Gasteiger charge is 2.15. The van der Waals surface area contributed by atoms with Crippen LogP contribution in [-0.4, -0.2) is 17.2 Å². The Balaban J connectivity index is 2.51. The lowest BCUT2D eigenvalue weighted by molar-refractivity contribution is 0.609. The van der Waals surface area contributed by atoms with Crippen molar-refractivity contribution < 1.29 is 12.6 Å². The second-order valence-corrected chi connectivity index (χ2v) is 9.23. The van der Waals surface area contributed by atoms with Crippen LogP contribution in [0.2, 0.25) is 0 Å². The van der Waals surface area contributed by atoms with Crippen LogP contribution >= 0.6 is 21.4 Å². The Bertz CT molecular complexity index is 1150. The van der Waals surface area contributed by atoms with Crippen molar-refractivity contribution in [3.05, 3.63) is 46.6 Å². The van der Waals surface area contributed by atoms with E-state index in [0.717, 1.165) is 0 Å². The van der Waals surface area contributed by atoms with Crippen molar-refractivity contribution in [3.8, 4) is 0 Å². The third kappa shape index (κ3) is 2.78. The minimum absolute atomic E-state index is 0.153. The lowest BCUT2D eigenvalue weighted by atomic mass is 10.1. The molecule has 0 spiro atoms. The summed E-state index contributed by atoms with van der Waals surface area (Å²) in [5.74, 6) is 0. The molecule has 1 unspecified atom stereocenters. The summed E-state index contributed by atoms with van der Waals surface area (Å²) in [6, 6.07) is 8.79. The first-order chi connectivity index (χ1) is 10.7. The highest BCUT2D eigenvalue weighted by Crippen LogP contribution is 2.24. The number of aryl methyl sites for hydroxylation is 1. The van der Waals surface area contributed by atoms with Gasteiger partial charge in [0.2, 0.25) is 0 Å². The Morgan fingerprint density at radius 2 is 1.61 bits per heavy atom. The predicted octanol–water partition coefficient (Wildman–Crippen LogP) is 2.88. The van der Waals surface area contributed by atoms with Gasteiger partial charge >= 0.3 is 0 Å². The van der Waals surface area contributed by atoms with Gasteiger partial charge in [0.25, 0.3) is 9.05 Å².